The average molecular weight is 340 g/mol. The van der Waals surface area contributed by atoms with Crippen LogP contribution in [-0.2, 0) is 17.8 Å². The molecule has 1 aliphatic rings. The third-order valence-electron chi connectivity index (χ3n) is 4.32. The van der Waals surface area contributed by atoms with Gasteiger partial charge in [0.05, 0.1) is 0 Å². The van der Waals surface area contributed by atoms with Crippen molar-refractivity contribution in [2.45, 2.75) is 25.8 Å². The minimum Gasteiger partial charge on any atom is -0.352 e. The van der Waals surface area contributed by atoms with Gasteiger partial charge in [0, 0.05) is 31.6 Å². The first-order chi connectivity index (χ1) is 12.1. The number of nitrogens with one attached hydrogen (secondary N) is 1. The number of carbonyl (C=O) groups is 2. The van der Waals surface area contributed by atoms with Gasteiger partial charge in [0.2, 0.25) is 5.91 Å². The van der Waals surface area contributed by atoms with Gasteiger partial charge in [-0.15, -0.1) is 0 Å². The molecule has 1 aliphatic heterocycles. The molecule has 0 saturated carbocycles. The Morgan fingerprint density at radius 2 is 1.92 bits per heavy atom. The average Bonchev–Trinajstić information content (AvgIpc) is 3.00. The Kier molecular flexibility index (Phi) is 5.43. The van der Waals surface area contributed by atoms with Crippen LogP contribution in [0.3, 0.4) is 0 Å². The van der Waals surface area contributed by atoms with Crippen molar-refractivity contribution in [3.8, 4) is 0 Å². The molecular formula is C20H21FN2O2. The van der Waals surface area contributed by atoms with Crippen LogP contribution in [0.4, 0.5) is 4.39 Å². The Balaban J connectivity index is 1.55. The predicted octanol–water partition coefficient (Wildman–Crippen LogP) is 2.92. The molecule has 1 heterocycles. The second-order valence-corrected chi connectivity index (χ2v) is 6.26. The van der Waals surface area contributed by atoms with Crippen LogP contribution >= 0.6 is 0 Å². The lowest BCUT2D eigenvalue weighted by molar-refractivity contribution is -0.128. The van der Waals surface area contributed by atoms with Gasteiger partial charge in [0.25, 0.3) is 5.91 Å². The van der Waals surface area contributed by atoms with Crippen LogP contribution in [0.5, 0.6) is 0 Å². The van der Waals surface area contributed by atoms with Gasteiger partial charge in [-0.25, -0.2) is 4.39 Å². The maximum absolute atomic E-state index is 13.1. The lowest BCUT2D eigenvalue weighted by atomic mass is 10.1. The molecule has 0 aliphatic carbocycles. The van der Waals surface area contributed by atoms with Crippen molar-refractivity contribution in [1.29, 1.82) is 0 Å². The van der Waals surface area contributed by atoms with Crippen molar-refractivity contribution >= 4 is 11.8 Å². The van der Waals surface area contributed by atoms with Gasteiger partial charge in [0.15, 0.2) is 0 Å². The lowest BCUT2D eigenvalue weighted by Gasteiger charge is -2.16. The van der Waals surface area contributed by atoms with Crippen LogP contribution in [0, 0.1) is 5.82 Å². The number of nitrogens with zero attached hydrogens (tertiary/aromatic N) is 1. The minimum absolute atomic E-state index is 0.161. The van der Waals surface area contributed by atoms with Gasteiger partial charge in [0.1, 0.15) is 5.82 Å². The van der Waals surface area contributed by atoms with Crippen LogP contribution in [0.1, 0.15) is 34.3 Å². The second-order valence-electron chi connectivity index (χ2n) is 6.26. The van der Waals surface area contributed by atoms with Gasteiger partial charge in [-0.3, -0.25) is 9.59 Å². The van der Waals surface area contributed by atoms with Gasteiger partial charge >= 0.3 is 0 Å². The first-order valence-electron chi connectivity index (χ1n) is 8.51. The fraction of sp³-hybridized carbons (Fsp3) is 0.300. The maximum atomic E-state index is 13.1. The molecule has 1 saturated heterocycles. The number of likely N-dealkylation sites (tertiary alicyclic amines) is 1. The Hall–Kier alpha value is -2.69. The van der Waals surface area contributed by atoms with Gasteiger partial charge in [-0.1, -0.05) is 24.3 Å². The summed E-state index contributed by atoms with van der Waals surface area (Å²) < 4.78 is 13.1. The Labute approximate surface area is 146 Å². The summed E-state index contributed by atoms with van der Waals surface area (Å²) in [7, 11) is 0. The second kappa shape index (κ2) is 7.92. The van der Waals surface area contributed by atoms with E-state index in [0.717, 1.165) is 24.1 Å². The smallest absolute Gasteiger partial charge is 0.251 e. The summed E-state index contributed by atoms with van der Waals surface area (Å²) >= 11 is 0. The quantitative estimate of drug-likeness (QED) is 0.879. The highest BCUT2D eigenvalue weighted by molar-refractivity contribution is 5.94. The number of hydrogen-bond donors (Lipinski definition) is 1. The summed E-state index contributed by atoms with van der Waals surface area (Å²) in [6, 6.07) is 13.7. The van der Waals surface area contributed by atoms with Crippen molar-refractivity contribution in [1.82, 2.24) is 10.2 Å². The fourth-order valence-corrected chi connectivity index (χ4v) is 3.02. The van der Waals surface area contributed by atoms with E-state index in [-0.39, 0.29) is 17.6 Å². The Bertz CT molecular complexity index is 776. The van der Waals surface area contributed by atoms with Crippen molar-refractivity contribution in [2.75, 3.05) is 13.1 Å². The summed E-state index contributed by atoms with van der Waals surface area (Å²) in [4.78, 5) is 25.8. The number of benzene rings is 2. The molecular weight excluding hydrogens is 319 g/mol. The van der Waals surface area contributed by atoms with E-state index in [1.165, 1.54) is 12.1 Å². The molecule has 2 aromatic carbocycles. The van der Waals surface area contributed by atoms with E-state index in [1.54, 1.807) is 12.1 Å². The lowest BCUT2D eigenvalue weighted by Crippen LogP contribution is -2.26. The fourth-order valence-electron chi connectivity index (χ4n) is 3.02. The van der Waals surface area contributed by atoms with Crippen LogP contribution in [-0.4, -0.2) is 29.8 Å². The molecule has 3 rings (SSSR count). The molecule has 2 amide bonds. The van der Waals surface area contributed by atoms with E-state index in [1.807, 2.05) is 29.2 Å². The van der Waals surface area contributed by atoms with E-state index < -0.39 is 0 Å². The molecule has 2 aromatic rings. The van der Waals surface area contributed by atoms with Crippen molar-refractivity contribution in [3.63, 3.8) is 0 Å². The predicted molar refractivity (Wildman–Crippen MR) is 93.5 cm³/mol. The van der Waals surface area contributed by atoms with E-state index in [0.29, 0.717) is 31.5 Å². The van der Waals surface area contributed by atoms with Crippen molar-refractivity contribution in [2.24, 2.45) is 0 Å². The Morgan fingerprint density at radius 1 is 1.12 bits per heavy atom. The Morgan fingerprint density at radius 3 is 2.68 bits per heavy atom. The van der Waals surface area contributed by atoms with Crippen LogP contribution < -0.4 is 5.32 Å². The molecule has 0 unspecified atom stereocenters. The van der Waals surface area contributed by atoms with Crippen molar-refractivity contribution in [3.05, 3.63) is 71.0 Å². The molecule has 5 heteroatoms. The molecule has 130 valence electrons. The van der Waals surface area contributed by atoms with Crippen LogP contribution in [0.15, 0.2) is 48.5 Å². The standard InChI is InChI=1S/C20H21FN2O2/c21-18-7-2-4-15(13-18)9-10-22-20(25)17-6-1-5-16(12-17)14-23-11-3-8-19(23)24/h1-2,4-7,12-13H,3,8-11,14H2,(H,22,25). The zero-order valence-electron chi connectivity index (χ0n) is 14.0. The molecule has 1 N–H and O–H groups in total. The van der Waals surface area contributed by atoms with Crippen LogP contribution in [0.25, 0.3) is 0 Å². The van der Waals surface area contributed by atoms with E-state index in [4.69, 9.17) is 0 Å². The normalized spacial score (nSPS) is 14.0. The summed E-state index contributed by atoms with van der Waals surface area (Å²) in [5.41, 5.74) is 2.37. The first-order valence-corrected chi connectivity index (χ1v) is 8.51. The maximum Gasteiger partial charge on any atom is 0.251 e. The SMILES string of the molecule is O=C(NCCc1cccc(F)c1)c1cccc(CN2CCCC2=O)c1. The monoisotopic (exact) mass is 340 g/mol. The molecule has 0 radical (unpaired) electrons. The molecule has 0 atom stereocenters. The van der Waals surface area contributed by atoms with E-state index in [2.05, 4.69) is 5.32 Å². The summed E-state index contributed by atoms with van der Waals surface area (Å²) in [5, 5.41) is 2.85. The summed E-state index contributed by atoms with van der Waals surface area (Å²) in [5.74, 6) is -0.260. The van der Waals surface area contributed by atoms with Crippen LogP contribution in [0.2, 0.25) is 0 Å². The zero-order chi connectivity index (χ0) is 17.6. The molecule has 0 bridgehead atoms. The summed E-state index contributed by atoms with van der Waals surface area (Å²) in [6.07, 6.45) is 2.09. The van der Waals surface area contributed by atoms with Gasteiger partial charge in [-0.2, -0.15) is 0 Å². The van der Waals surface area contributed by atoms with Gasteiger partial charge in [-0.05, 0) is 48.2 Å². The third kappa shape index (κ3) is 4.66. The minimum atomic E-state index is -0.270. The largest absolute Gasteiger partial charge is 0.352 e. The third-order valence-corrected chi connectivity index (χ3v) is 4.32. The number of rotatable bonds is 6. The molecule has 4 nitrogen and oxygen atoms in total. The number of halogens is 1. The molecule has 0 aromatic heterocycles. The number of hydrogen-bond acceptors (Lipinski definition) is 2. The van der Waals surface area contributed by atoms with Gasteiger partial charge < -0.3 is 10.2 Å². The highest BCUT2D eigenvalue weighted by Crippen LogP contribution is 2.15. The zero-order valence-corrected chi connectivity index (χ0v) is 14.0. The number of carbonyl (C=O) groups excluding carboxylic acids is 2. The molecule has 0 spiro atoms. The van der Waals surface area contributed by atoms with E-state index in [9.17, 15) is 14.0 Å². The molecule has 1 fully saturated rings. The topological polar surface area (TPSA) is 49.4 Å². The highest BCUT2D eigenvalue weighted by atomic mass is 19.1. The number of amides is 2. The summed E-state index contributed by atoms with van der Waals surface area (Å²) in [6.45, 7) is 1.77. The first kappa shape index (κ1) is 17.1. The van der Waals surface area contributed by atoms with Crippen molar-refractivity contribution < 1.29 is 14.0 Å². The molecule has 25 heavy (non-hydrogen) atoms. The highest BCUT2D eigenvalue weighted by Gasteiger charge is 2.20. The van der Waals surface area contributed by atoms with E-state index >= 15 is 0 Å².